The fourth-order valence-corrected chi connectivity index (χ4v) is 3.60. The topological polar surface area (TPSA) is 24.9 Å². The van der Waals surface area contributed by atoms with Crippen molar-refractivity contribution < 1.29 is 0 Å². The molecule has 0 saturated carbocycles. The third-order valence-corrected chi connectivity index (χ3v) is 5.48. The number of anilines is 1. The first kappa shape index (κ1) is 13.9. The van der Waals surface area contributed by atoms with Crippen molar-refractivity contribution in [2.45, 2.75) is 46.5 Å². The summed E-state index contributed by atoms with van der Waals surface area (Å²) < 4.78 is 1.21. The van der Waals surface area contributed by atoms with Crippen LogP contribution in [0.3, 0.4) is 0 Å². The molecule has 20 heavy (non-hydrogen) atoms. The molecule has 0 spiro atoms. The van der Waals surface area contributed by atoms with Gasteiger partial charge in [0.1, 0.15) is 0 Å². The van der Waals surface area contributed by atoms with Gasteiger partial charge in [-0.05, 0) is 69.2 Å². The Bertz CT molecular complexity index is 677. The van der Waals surface area contributed by atoms with E-state index in [9.17, 15) is 0 Å². The van der Waals surface area contributed by atoms with Gasteiger partial charge in [-0.25, -0.2) is 0 Å². The lowest BCUT2D eigenvalue weighted by Gasteiger charge is -2.23. The molecule has 3 heteroatoms. The fraction of sp³-hybridized carbons (Fsp3) is 0.471. The van der Waals surface area contributed by atoms with Crippen molar-refractivity contribution >= 4 is 32.5 Å². The Hall–Kier alpha value is -1.09. The zero-order valence-corrected chi connectivity index (χ0v) is 14.0. The summed E-state index contributed by atoms with van der Waals surface area (Å²) in [4.78, 5) is 4.96. The second kappa shape index (κ2) is 5.36. The second-order valence-electron chi connectivity index (χ2n) is 5.68. The summed E-state index contributed by atoms with van der Waals surface area (Å²) in [5.74, 6) is 0. The molecule has 0 fully saturated rings. The van der Waals surface area contributed by atoms with E-state index in [4.69, 9.17) is 4.98 Å². The second-order valence-corrected chi connectivity index (χ2v) is 6.47. The van der Waals surface area contributed by atoms with Crippen LogP contribution in [-0.2, 0) is 12.8 Å². The van der Waals surface area contributed by atoms with Crippen LogP contribution in [0.15, 0.2) is 10.5 Å². The molecule has 0 bridgehead atoms. The molecule has 2 aromatic rings. The largest absolute Gasteiger partial charge is 0.384 e. The molecular weight excluding hydrogens is 312 g/mol. The molecule has 106 valence electrons. The Morgan fingerprint density at radius 2 is 2.00 bits per heavy atom. The van der Waals surface area contributed by atoms with Crippen LogP contribution >= 0.6 is 15.9 Å². The number of benzene rings is 1. The predicted octanol–water partition coefficient (Wildman–Crippen LogP) is 4.92. The van der Waals surface area contributed by atoms with Gasteiger partial charge in [-0.15, -0.1) is 0 Å². The van der Waals surface area contributed by atoms with Gasteiger partial charge in [0.05, 0.1) is 5.52 Å². The zero-order valence-electron chi connectivity index (χ0n) is 12.4. The molecule has 0 amide bonds. The third kappa shape index (κ3) is 2.12. The highest BCUT2D eigenvalue weighted by Gasteiger charge is 2.20. The van der Waals surface area contributed by atoms with E-state index in [1.807, 2.05) is 0 Å². The molecule has 1 heterocycles. The summed E-state index contributed by atoms with van der Waals surface area (Å²) in [6, 6.07) is 2.21. The van der Waals surface area contributed by atoms with Gasteiger partial charge in [-0.1, -0.05) is 15.9 Å². The van der Waals surface area contributed by atoms with Crippen LogP contribution in [0.4, 0.5) is 5.69 Å². The Labute approximate surface area is 129 Å². The van der Waals surface area contributed by atoms with Crippen LogP contribution in [0.5, 0.6) is 0 Å². The van der Waals surface area contributed by atoms with E-state index < -0.39 is 0 Å². The van der Waals surface area contributed by atoms with Crippen LogP contribution in [0.1, 0.15) is 42.1 Å². The van der Waals surface area contributed by atoms with Gasteiger partial charge in [-0.3, -0.25) is 4.98 Å². The van der Waals surface area contributed by atoms with Gasteiger partial charge in [0, 0.05) is 27.8 Å². The summed E-state index contributed by atoms with van der Waals surface area (Å²) in [5.41, 5.74) is 7.79. The highest BCUT2D eigenvalue weighted by molar-refractivity contribution is 9.10. The molecule has 3 rings (SSSR count). The van der Waals surface area contributed by atoms with E-state index in [2.05, 4.69) is 48.1 Å². The van der Waals surface area contributed by atoms with Crippen molar-refractivity contribution in [3.63, 3.8) is 0 Å². The van der Waals surface area contributed by atoms with Crippen LogP contribution < -0.4 is 5.32 Å². The average molecular weight is 333 g/mol. The molecule has 0 atom stereocenters. The quantitative estimate of drug-likeness (QED) is 0.843. The first-order chi connectivity index (χ1) is 9.63. The Balaban J connectivity index is 2.39. The van der Waals surface area contributed by atoms with Gasteiger partial charge in [0.25, 0.3) is 0 Å². The van der Waals surface area contributed by atoms with E-state index in [0.29, 0.717) is 0 Å². The third-order valence-electron chi connectivity index (χ3n) is 4.26. The maximum absolute atomic E-state index is 4.96. The van der Waals surface area contributed by atoms with Crippen LogP contribution in [-0.4, -0.2) is 11.5 Å². The summed E-state index contributed by atoms with van der Waals surface area (Å²) >= 11 is 3.73. The molecule has 0 aliphatic heterocycles. The molecule has 0 unspecified atom stereocenters. The van der Waals surface area contributed by atoms with Crippen molar-refractivity contribution in [3.8, 4) is 0 Å². The summed E-state index contributed by atoms with van der Waals surface area (Å²) in [6.07, 6.45) is 4.83. The molecule has 1 aromatic carbocycles. The standard InChI is InChI=1S/C17H21BrN2/c1-4-19-17-12-7-5-6-8-13(12)20-14-9-10(2)16(18)11(3)15(14)17/h9H,4-8H2,1-3H3,(H,19,20). The highest BCUT2D eigenvalue weighted by Crippen LogP contribution is 2.38. The number of pyridine rings is 1. The average Bonchev–Trinajstić information content (AvgIpc) is 2.45. The monoisotopic (exact) mass is 332 g/mol. The number of nitrogens with zero attached hydrogens (tertiary/aromatic N) is 1. The Morgan fingerprint density at radius 3 is 2.75 bits per heavy atom. The summed E-state index contributed by atoms with van der Waals surface area (Å²) in [5, 5.41) is 4.90. The molecule has 1 aliphatic rings. The summed E-state index contributed by atoms with van der Waals surface area (Å²) in [7, 11) is 0. The first-order valence-corrected chi connectivity index (χ1v) is 8.27. The SMILES string of the molecule is CCNc1c2c(nc3cc(C)c(Br)c(C)c13)CCCC2. The number of rotatable bonds is 2. The van der Waals surface area contributed by atoms with Crippen molar-refractivity contribution in [2.75, 3.05) is 11.9 Å². The van der Waals surface area contributed by atoms with Crippen molar-refractivity contribution in [2.24, 2.45) is 0 Å². The minimum absolute atomic E-state index is 0.955. The molecule has 1 N–H and O–H groups in total. The van der Waals surface area contributed by atoms with Gasteiger partial charge in [0.15, 0.2) is 0 Å². The van der Waals surface area contributed by atoms with Gasteiger partial charge < -0.3 is 5.32 Å². The minimum Gasteiger partial charge on any atom is -0.384 e. The lowest BCUT2D eigenvalue weighted by molar-refractivity contribution is 0.672. The summed E-state index contributed by atoms with van der Waals surface area (Å²) in [6.45, 7) is 7.46. The molecule has 1 aromatic heterocycles. The highest BCUT2D eigenvalue weighted by atomic mass is 79.9. The lowest BCUT2D eigenvalue weighted by Crippen LogP contribution is -2.12. The molecular formula is C17H21BrN2. The van der Waals surface area contributed by atoms with Crippen LogP contribution in [0.25, 0.3) is 10.9 Å². The molecule has 0 radical (unpaired) electrons. The maximum atomic E-state index is 4.96. The van der Waals surface area contributed by atoms with E-state index in [0.717, 1.165) is 24.9 Å². The minimum atomic E-state index is 0.955. The number of nitrogens with one attached hydrogen (secondary N) is 1. The van der Waals surface area contributed by atoms with Gasteiger partial charge in [0.2, 0.25) is 0 Å². The van der Waals surface area contributed by atoms with Crippen molar-refractivity contribution in [3.05, 3.63) is 32.9 Å². The van der Waals surface area contributed by atoms with E-state index in [-0.39, 0.29) is 0 Å². The smallest absolute Gasteiger partial charge is 0.0732 e. The molecule has 1 aliphatic carbocycles. The number of hydrogen-bond donors (Lipinski definition) is 1. The maximum Gasteiger partial charge on any atom is 0.0732 e. The fourth-order valence-electron chi connectivity index (χ4n) is 3.29. The van der Waals surface area contributed by atoms with Gasteiger partial charge >= 0.3 is 0 Å². The zero-order chi connectivity index (χ0) is 14.3. The number of hydrogen-bond acceptors (Lipinski definition) is 2. The molecule has 2 nitrogen and oxygen atoms in total. The van der Waals surface area contributed by atoms with E-state index in [1.54, 1.807) is 0 Å². The number of aromatic nitrogens is 1. The van der Waals surface area contributed by atoms with E-state index in [1.165, 1.54) is 50.8 Å². The molecule has 0 saturated heterocycles. The first-order valence-electron chi connectivity index (χ1n) is 7.48. The normalized spacial score (nSPS) is 14.4. The Kier molecular flexibility index (Phi) is 3.72. The Morgan fingerprint density at radius 1 is 1.25 bits per heavy atom. The van der Waals surface area contributed by atoms with E-state index >= 15 is 0 Å². The van der Waals surface area contributed by atoms with Crippen LogP contribution in [0, 0.1) is 13.8 Å². The van der Waals surface area contributed by atoms with Crippen LogP contribution in [0.2, 0.25) is 0 Å². The van der Waals surface area contributed by atoms with Gasteiger partial charge in [-0.2, -0.15) is 0 Å². The predicted molar refractivity (Wildman–Crippen MR) is 89.7 cm³/mol. The van der Waals surface area contributed by atoms with Crippen molar-refractivity contribution in [1.82, 2.24) is 4.98 Å². The lowest BCUT2D eigenvalue weighted by atomic mass is 9.91. The van der Waals surface area contributed by atoms with Crippen molar-refractivity contribution in [1.29, 1.82) is 0 Å². The number of fused-ring (bicyclic) bond motifs is 2. The number of aryl methyl sites for hydroxylation is 3. The number of halogens is 1.